The third kappa shape index (κ3) is 3.75. The molecule has 7 heteroatoms. The van der Waals surface area contributed by atoms with Crippen molar-refractivity contribution in [1.29, 1.82) is 5.26 Å². The number of nitrogens with zero attached hydrogens (tertiary/aromatic N) is 3. The number of rotatable bonds is 3. The first-order chi connectivity index (χ1) is 12.7. The first-order valence-electron chi connectivity index (χ1n) is 9.46. The van der Waals surface area contributed by atoms with Gasteiger partial charge in [0.15, 0.2) is 0 Å². The first kappa shape index (κ1) is 19.2. The Morgan fingerprint density at radius 2 is 2.00 bits per heavy atom. The monoisotopic (exact) mass is 370 g/mol. The second-order valence-corrected chi connectivity index (χ2v) is 8.30. The zero-order chi connectivity index (χ0) is 19.8. The van der Waals surface area contributed by atoms with Crippen LogP contribution in [-0.2, 0) is 4.79 Å². The molecule has 3 heterocycles. The highest BCUT2D eigenvalue weighted by Gasteiger charge is 2.45. The number of amides is 2. The summed E-state index contributed by atoms with van der Waals surface area (Å²) in [6.07, 6.45) is 2.16. The summed E-state index contributed by atoms with van der Waals surface area (Å²) in [5.41, 5.74) is 0.289. The molecule has 1 spiro atoms. The predicted molar refractivity (Wildman–Crippen MR) is 100 cm³/mol. The lowest BCUT2D eigenvalue weighted by molar-refractivity contribution is -0.128. The van der Waals surface area contributed by atoms with Gasteiger partial charge in [-0.1, -0.05) is 13.8 Å². The van der Waals surface area contributed by atoms with Crippen LogP contribution in [0.5, 0.6) is 0 Å². The van der Waals surface area contributed by atoms with Crippen molar-refractivity contribution < 1.29 is 9.59 Å². The number of hydrogen-bond acceptors (Lipinski definition) is 4. The predicted octanol–water partition coefficient (Wildman–Crippen LogP) is 1.67. The van der Waals surface area contributed by atoms with Gasteiger partial charge in [0, 0.05) is 43.7 Å². The minimum absolute atomic E-state index is 0.0272. The van der Waals surface area contributed by atoms with Crippen LogP contribution in [0.2, 0.25) is 0 Å². The Kier molecular flexibility index (Phi) is 5.09. The van der Waals surface area contributed by atoms with E-state index in [1.807, 2.05) is 11.0 Å². The fourth-order valence-corrected chi connectivity index (χ4v) is 4.21. The molecule has 27 heavy (non-hydrogen) atoms. The summed E-state index contributed by atoms with van der Waals surface area (Å²) < 4.78 is 0. The minimum Gasteiger partial charge on any atom is -0.342 e. The third-order valence-electron chi connectivity index (χ3n) is 5.69. The lowest BCUT2D eigenvalue weighted by Gasteiger charge is -2.39. The van der Waals surface area contributed by atoms with Crippen molar-refractivity contribution in [1.82, 2.24) is 14.8 Å². The lowest BCUT2D eigenvalue weighted by atomic mass is 9.77. The van der Waals surface area contributed by atoms with Crippen LogP contribution in [0.3, 0.4) is 0 Å². The van der Waals surface area contributed by atoms with Crippen molar-refractivity contribution >= 4 is 11.8 Å². The topological polar surface area (TPSA) is 97.3 Å². The van der Waals surface area contributed by atoms with E-state index < -0.39 is 5.56 Å². The van der Waals surface area contributed by atoms with Crippen LogP contribution in [0.4, 0.5) is 0 Å². The molecule has 2 aliphatic rings. The Morgan fingerprint density at radius 1 is 1.33 bits per heavy atom. The molecule has 2 aliphatic heterocycles. The average Bonchev–Trinajstić information content (AvgIpc) is 2.89. The zero-order valence-electron chi connectivity index (χ0n) is 16.2. The van der Waals surface area contributed by atoms with Gasteiger partial charge < -0.3 is 14.8 Å². The van der Waals surface area contributed by atoms with E-state index in [1.54, 1.807) is 11.8 Å². The fourth-order valence-electron chi connectivity index (χ4n) is 4.21. The van der Waals surface area contributed by atoms with E-state index in [9.17, 15) is 14.4 Å². The van der Waals surface area contributed by atoms with E-state index in [0.717, 1.165) is 25.9 Å². The van der Waals surface area contributed by atoms with Gasteiger partial charge in [0.25, 0.3) is 11.5 Å². The number of aryl methyl sites for hydroxylation is 1. The molecule has 1 N–H and O–H groups in total. The van der Waals surface area contributed by atoms with Crippen LogP contribution in [0.15, 0.2) is 10.9 Å². The number of H-pyrrole nitrogens is 1. The molecule has 1 aromatic rings. The molecule has 0 aromatic carbocycles. The van der Waals surface area contributed by atoms with E-state index in [4.69, 9.17) is 5.26 Å². The van der Waals surface area contributed by atoms with Crippen LogP contribution < -0.4 is 5.56 Å². The van der Waals surface area contributed by atoms with Crippen molar-refractivity contribution in [2.24, 2.45) is 11.3 Å². The lowest BCUT2D eigenvalue weighted by Crippen LogP contribution is -2.44. The quantitative estimate of drug-likeness (QED) is 0.875. The van der Waals surface area contributed by atoms with Crippen LogP contribution >= 0.6 is 0 Å². The third-order valence-corrected chi connectivity index (χ3v) is 5.69. The van der Waals surface area contributed by atoms with Crippen LogP contribution in [0, 0.1) is 29.6 Å². The van der Waals surface area contributed by atoms with Crippen LogP contribution in [0.25, 0.3) is 0 Å². The Hall–Kier alpha value is -2.62. The molecule has 7 nitrogen and oxygen atoms in total. The van der Waals surface area contributed by atoms with Gasteiger partial charge in [0.2, 0.25) is 5.91 Å². The number of carbonyl (C=O) groups is 2. The number of piperidine rings is 1. The van der Waals surface area contributed by atoms with Gasteiger partial charge in [-0.2, -0.15) is 5.26 Å². The molecular weight excluding hydrogens is 344 g/mol. The molecule has 3 rings (SSSR count). The summed E-state index contributed by atoms with van der Waals surface area (Å²) in [4.78, 5) is 43.2. The summed E-state index contributed by atoms with van der Waals surface area (Å²) in [6, 6.07) is 3.21. The first-order valence-corrected chi connectivity index (χ1v) is 9.46. The minimum atomic E-state index is -0.473. The maximum atomic E-state index is 12.9. The molecular formula is C20H26N4O3. The number of hydrogen-bond donors (Lipinski definition) is 1. The highest BCUT2D eigenvalue weighted by atomic mass is 16.2. The molecule has 0 saturated carbocycles. The molecule has 0 bridgehead atoms. The molecule has 2 saturated heterocycles. The number of nitrogens with one attached hydrogen (secondary N) is 1. The van der Waals surface area contributed by atoms with E-state index in [-0.39, 0.29) is 22.8 Å². The zero-order valence-corrected chi connectivity index (χ0v) is 16.2. The summed E-state index contributed by atoms with van der Waals surface area (Å²) >= 11 is 0. The number of likely N-dealkylation sites (tertiary alicyclic amines) is 2. The molecule has 0 unspecified atom stereocenters. The van der Waals surface area contributed by atoms with E-state index in [0.29, 0.717) is 36.7 Å². The van der Waals surface area contributed by atoms with Gasteiger partial charge in [-0.05, 0) is 31.7 Å². The summed E-state index contributed by atoms with van der Waals surface area (Å²) in [6.45, 7) is 8.63. The van der Waals surface area contributed by atoms with Gasteiger partial charge in [0.05, 0.1) is 5.56 Å². The van der Waals surface area contributed by atoms with Crippen molar-refractivity contribution in [3.05, 3.63) is 33.2 Å². The van der Waals surface area contributed by atoms with Gasteiger partial charge in [-0.3, -0.25) is 14.4 Å². The van der Waals surface area contributed by atoms with Crippen molar-refractivity contribution in [3.63, 3.8) is 0 Å². The molecule has 0 atom stereocenters. The number of nitriles is 1. The Morgan fingerprint density at radius 3 is 2.59 bits per heavy atom. The van der Waals surface area contributed by atoms with Crippen molar-refractivity contribution in [2.45, 2.75) is 40.0 Å². The van der Waals surface area contributed by atoms with E-state index in [2.05, 4.69) is 18.8 Å². The van der Waals surface area contributed by atoms with Gasteiger partial charge in [-0.25, -0.2) is 0 Å². The Balaban J connectivity index is 1.70. The highest BCUT2D eigenvalue weighted by molar-refractivity contribution is 5.95. The summed E-state index contributed by atoms with van der Waals surface area (Å²) in [5.74, 6) is 0.500. The largest absolute Gasteiger partial charge is 0.342 e. The van der Waals surface area contributed by atoms with E-state index in [1.165, 1.54) is 6.07 Å². The normalized spacial score (nSPS) is 19.0. The van der Waals surface area contributed by atoms with Crippen molar-refractivity contribution in [2.75, 3.05) is 26.2 Å². The number of pyridine rings is 1. The molecule has 0 aliphatic carbocycles. The van der Waals surface area contributed by atoms with Gasteiger partial charge in [-0.15, -0.1) is 0 Å². The summed E-state index contributed by atoms with van der Waals surface area (Å²) in [5, 5.41) is 9.05. The molecule has 1 aromatic heterocycles. The smallest absolute Gasteiger partial charge is 0.266 e. The molecule has 0 radical (unpaired) electrons. The number of aromatic nitrogens is 1. The van der Waals surface area contributed by atoms with Crippen LogP contribution in [0.1, 0.15) is 54.7 Å². The van der Waals surface area contributed by atoms with Gasteiger partial charge >= 0.3 is 0 Å². The van der Waals surface area contributed by atoms with Crippen molar-refractivity contribution in [3.8, 4) is 6.07 Å². The fraction of sp³-hybridized carbons (Fsp3) is 0.600. The average molecular weight is 370 g/mol. The molecule has 2 fully saturated rings. The maximum Gasteiger partial charge on any atom is 0.266 e. The number of carbonyl (C=O) groups excluding carboxylic acids is 2. The molecule has 2 amide bonds. The molecule has 144 valence electrons. The van der Waals surface area contributed by atoms with Crippen LogP contribution in [-0.4, -0.2) is 52.8 Å². The van der Waals surface area contributed by atoms with Gasteiger partial charge in [0.1, 0.15) is 11.6 Å². The Labute approximate surface area is 159 Å². The maximum absolute atomic E-state index is 12.9. The Bertz CT molecular complexity index is 857. The number of aromatic amines is 1. The second-order valence-electron chi connectivity index (χ2n) is 8.30. The van der Waals surface area contributed by atoms with E-state index >= 15 is 0 Å². The summed E-state index contributed by atoms with van der Waals surface area (Å²) in [7, 11) is 0. The SMILES string of the molecule is Cc1[nH]c(=O)c(C#N)cc1C(=O)N1CCC2(CC1)CC(=O)N(CC(C)C)C2. The highest BCUT2D eigenvalue weighted by Crippen LogP contribution is 2.41. The standard InChI is InChI=1S/C20H26N4O3/c1-13(2)11-24-12-20(9-17(24)25)4-6-23(7-5-20)19(27)16-8-15(10-21)18(26)22-14(16)3/h8,13H,4-7,9,11-12H2,1-3H3,(H,22,26). The second kappa shape index (κ2) is 7.18.